The molecule has 32 heavy (non-hydrogen) atoms. The van der Waals surface area contributed by atoms with Crippen LogP contribution in [0.15, 0.2) is 59.0 Å². The Kier molecular flexibility index (Phi) is 7.25. The molecule has 1 aromatic heterocycles. The van der Waals surface area contributed by atoms with Crippen molar-refractivity contribution < 1.29 is 31.9 Å². The van der Waals surface area contributed by atoms with Crippen LogP contribution in [0.1, 0.15) is 46.2 Å². The number of esters is 1. The maximum atomic E-state index is 13.1. The summed E-state index contributed by atoms with van der Waals surface area (Å²) in [4.78, 5) is 24.4. The van der Waals surface area contributed by atoms with Crippen LogP contribution < -0.4 is 5.32 Å². The van der Waals surface area contributed by atoms with Gasteiger partial charge in [0.2, 0.25) is 0 Å². The van der Waals surface area contributed by atoms with E-state index in [1.807, 2.05) is 6.92 Å². The van der Waals surface area contributed by atoms with Gasteiger partial charge in [-0.25, -0.2) is 4.79 Å². The number of rotatable bonds is 7. The lowest BCUT2D eigenvalue weighted by atomic mass is 10.1. The molecule has 0 radical (unpaired) electrons. The van der Waals surface area contributed by atoms with E-state index in [1.54, 1.807) is 0 Å². The van der Waals surface area contributed by atoms with Crippen molar-refractivity contribution in [3.8, 4) is 11.3 Å². The lowest BCUT2D eigenvalue weighted by Crippen LogP contribution is -2.11. The Hall–Kier alpha value is -3.26. The van der Waals surface area contributed by atoms with E-state index in [0.29, 0.717) is 17.9 Å². The van der Waals surface area contributed by atoms with E-state index in [0.717, 1.165) is 25.0 Å². The molecule has 1 heterocycles. The largest absolute Gasteiger partial charge is 0.462 e. The van der Waals surface area contributed by atoms with E-state index in [4.69, 9.17) is 20.8 Å². The molecule has 1 amide bonds. The Bertz CT molecular complexity index is 1110. The summed E-state index contributed by atoms with van der Waals surface area (Å²) in [5.41, 5.74) is -0.106. The van der Waals surface area contributed by atoms with Gasteiger partial charge in [0.05, 0.1) is 22.8 Å². The molecule has 0 unspecified atom stereocenters. The first-order valence-electron chi connectivity index (χ1n) is 9.74. The molecule has 2 aromatic carbocycles. The second-order valence-electron chi connectivity index (χ2n) is 6.88. The summed E-state index contributed by atoms with van der Waals surface area (Å²) in [7, 11) is 0. The zero-order valence-corrected chi connectivity index (χ0v) is 17.7. The van der Waals surface area contributed by atoms with Crippen molar-refractivity contribution in [2.24, 2.45) is 0 Å². The summed E-state index contributed by atoms with van der Waals surface area (Å²) in [6, 6.07) is 12.2. The molecule has 0 bridgehead atoms. The Balaban J connectivity index is 1.68. The number of carbonyl (C=O) groups excluding carboxylic acids is 2. The fourth-order valence-electron chi connectivity index (χ4n) is 2.79. The number of benzene rings is 2. The van der Waals surface area contributed by atoms with Gasteiger partial charge in [0.1, 0.15) is 5.76 Å². The molecule has 0 atom stereocenters. The first kappa shape index (κ1) is 23.4. The number of nitrogens with one attached hydrogen (secondary N) is 1. The predicted molar refractivity (Wildman–Crippen MR) is 114 cm³/mol. The van der Waals surface area contributed by atoms with Crippen LogP contribution in [0, 0.1) is 0 Å². The first-order chi connectivity index (χ1) is 15.2. The quantitative estimate of drug-likeness (QED) is 0.307. The predicted octanol–water partition coefficient (Wildman–Crippen LogP) is 6.83. The average molecular weight is 466 g/mol. The highest BCUT2D eigenvalue weighted by molar-refractivity contribution is 6.31. The van der Waals surface area contributed by atoms with Gasteiger partial charge in [0.15, 0.2) is 5.76 Å². The molecule has 168 valence electrons. The number of amides is 1. The lowest BCUT2D eigenvalue weighted by molar-refractivity contribution is -0.137. The molecule has 5 nitrogen and oxygen atoms in total. The van der Waals surface area contributed by atoms with Crippen LogP contribution in [0.5, 0.6) is 0 Å². The molecule has 0 spiro atoms. The van der Waals surface area contributed by atoms with Crippen molar-refractivity contribution in [1.29, 1.82) is 0 Å². The minimum absolute atomic E-state index is 0.0856. The van der Waals surface area contributed by atoms with Gasteiger partial charge in [-0.1, -0.05) is 24.9 Å². The highest BCUT2D eigenvalue weighted by Crippen LogP contribution is 2.37. The lowest BCUT2D eigenvalue weighted by Gasteiger charge is -2.10. The normalized spacial score (nSPS) is 11.3. The van der Waals surface area contributed by atoms with Crippen molar-refractivity contribution in [2.45, 2.75) is 25.9 Å². The van der Waals surface area contributed by atoms with Crippen LogP contribution in [0.4, 0.5) is 18.9 Å². The number of furan rings is 1. The molecule has 9 heteroatoms. The van der Waals surface area contributed by atoms with Gasteiger partial charge < -0.3 is 14.5 Å². The smallest absolute Gasteiger partial charge is 0.417 e. The minimum Gasteiger partial charge on any atom is -0.462 e. The van der Waals surface area contributed by atoms with Crippen LogP contribution in [0.2, 0.25) is 5.02 Å². The van der Waals surface area contributed by atoms with Crippen LogP contribution in [0.25, 0.3) is 11.3 Å². The average Bonchev–Trinajstić information content (AvgIpc) is 3.24. The molecule has 0 aliphatic carbocycles. The number of halogens is 4. The van der Waals surface area contributed by atoms with Crippen molar-refractivity contribution in [2.75, 3.05) is 11.9 Å². The van der Waals surface area contributed by atoms with Crippen LogP contribution in [-0.4, -0.2) is 18.5 Å². The van der Waals surface area contributed by atoms with Crippen LogP contribution >= 0.6 is 11.6 Å². The maximum absolute atomic E-state index is 13.1. The minimum atomic E-state index is -4.62. The maximum Gasteiger partial charge on any atom is 0.417 e. The first-order valence-corrected chi connectivity index (χ1v) is 10.1. The topological polar surface area (TPSA) is 68.5 Å². The summed E-state index contributed by atoms with van der Waals surface area (Å²) in [6.07, 6.45) is -2.93. The molecule has 0 saturated heterocycles. The summed E-state index contributed by atoms with van der Waals surface area (Å²) in [6.45, 7) is 2.33. The zero-order valence-electron chi connectivity index (χ0n) is 17.0. The van der Waals surface area contributed by atoms with Gasteiger partial charge in [-0.3, -0.25) is 4.79 Å². The second kappa shape index (κ2) is 9.91. The molecule has 3 rings (SSSR count). The highest BCUT2D eigenvalue weighted by Gasteiger charge is 2.33. The van der Waals surface area contributed by atoms with E-state index < -0.39 is 28.6 Å². The molecular weight excluding hydrogens is 447 g/mol. The Morgan fingerprint density at radius 1 is 1.06 bits per heavy atom. The number of carbonyl (C=O) groups is 2. The Labute approximate surface area is 187 Å². The Morgan fingerprint density at radius 3 is 2.44 bits per heavy atom. The molecule has 3 aromatic rings. The van der Waals surface area contributed by atoms with Crippen molar-refractivity contribution in [1.82, 2.24) is 0 Å². The molecular formula is C23H19ClF3NO4. The van der Waals surface area contributed by atoms with Gasteiger partial charge in [-0.05, 0) is 61.0 Å². The van der Waals surface area contributed by atoms with Crippen molar-refractivity contribution >= 4 is 29.2 Å². The molecule has 0 aliphatic rings. The van der Waals surface area contributed by atoms with Crippen molar-refractivity contribution in [3.63, 3.8) is 0 Å². The number of ether oxygens (including phenoxy) is 1. The SMILES string of the molecule is CCCCOC(=O)c1ccc(NC(=O)c2ccc(-c3ccc(Cl)c(C(F)(F)F)c3)o2)cc1. The number of unbranched alkanes of at least 4 members (excludes halogenated alkanes) is 1. The zero-order chi connectivity index (χ0) is 23.3. The van der Waals surface area contributed by atoms with Crippen LogP contribution in [0.3, 0.4) is 0 Å². The van der Waals surface area contributed by atoms with Gasteiger partial charge in [-0.15, -0.1) is 0 Å². The summed E-state index contributed by atoms with van der Waals surface area (Å²) in [5, 5.41) is 2.17. The van der Waals surface area contributed by atoms with Crippen molar-refractivity contribution in [3.05, 3.63) is 76.5 Å². The molecule has 0 aliphatic heterocycles. The monoisotopic (exact) mass is 465 g/mol. The van der Waals surface area contributed by atoms with E-state index in [9.17, 15) is 22.8 Å². The number of alkyl halides is 3. The second-order valence-corrected chi connectivity index (χ2v) is 7.28. The van der Waals surface area contributed by atoms with Gasteiger partial charge in [0, 0.05) is 11.3 Å². The summed E-state index contributed by atoms with van der Waals surface area (Å²) >= 11 is 5.63. The molecule has 0 saturated carbocycles. The standard InChI is InChI=1S/C23H19ClF3NO4/c1-2-3-12-31-22(30)14-4-7-16(8-5-14)28-21(29)20-11-10-19(32-20)15-6-9-18(24)17(13-15)23(25,26)27/h4-11,13H,2-3,12H2,1H3,(H,28,29). The highest BCUT2D eigenvalue weighted by atomic mass is 35.5. The fraction of sp³-hybridized carbons (Fsp3) is 0.217. The Morgan fingerprint density at radius 2 is 1.78 bits per heavy atom. The van der Waals surface area contributed by atoms with Gasteiger partial charge >= 0.3 is 12.1 Å². The van der Waals surface area contributed by atoms with E-state index in [-0.39, 0.29) is 17.1 Å². The number of anilines is 1. The van der Waals surface area contributed by atoms with E-state index in [2.05, 4.69) is 5.32 Å². The third-order valence-corrected chi connectivity index (χ3v) is 4.83. The van der Waals surface area contributed by atoms with E-state index in [1.165, 1.54) is 42.5 Å². The summed E-state index contributed by atoms with van der Waals surface area (Å²) in [5.74, 6) is -1.05. The third-order valence-electron chi connectivity index (χ3n) is 4.50. The van der Waals surface area contributed by atoms with Gasteiger partial charge in [0.25, 0.3) is 5.91 Å². The summed E-state index contributed by atoms with van der Waals surface area (Å²) < 4.78 is 49.8. The molecule has 0 fully saturated rings. The number of hydrogen-bond acceptors (Lipinski definition) is 4. The third kappa shape index (κ3) is 5.70. The number of hydrogen-bond donors (Lipinski definition) is 1. The van der Waals surface area contributed by atoms with Crippen LogP contribution in [-0.2, 0) is 10.9 Å². The molecule has 1 N–H and O–H groups in total. The van der Waals surface area contributed by atoms with E-state index >= 15 is 0 Å². The van der Waals surface area contributed by atoms with Gasteiger partial charge in [-0.2, -0.15) is 13.2 Å². The fourth-order valence-corrected chi connectivity index (χ4v) is 3.01.